The summed E-state index contributed by atoms with van der Waals surface area (Å²) in [5.41, 5.74) is -0.476. The molecule has 3 N–H and O–H groups in total. The van der Waals surface area contributed by atoms with Crippen LogP contribution in [0.2, 0.25) is 0 Å². The Morgan fingerprint density at radius 3 is 2.53 bits per heavy atom. The average Bonchev–Trinajstić information content (AvgIpc) is 2.30. The van der Waals surface area contributed by atoms with E-state index < -0.39 is 22.3 Å². The number of aromatic carboxylic acids is 1. The maximum absolute atomic E-state index is 11.6. The SMILES string of the molecule is COC(=O)NS(=O)(=O)Nc1c(Br)cccc1C(=O)O. The van der Waals surface area contributed by atoms with Crippen LogP contribution in [0.3, 0.4) is 0 Å². The van der Waals surface area contributed by atoms with Crippen LogP contribution in [-0.2, 0) is 14.9 Å². The largest absolute Gasteiger partial charge is 0.478 e. The van der Waals surface area contributed by atoms with Crippen LogP contribution in [0.25, 0.3) is 0 Å². The van der Waals surface area contributed by atoms with E-state index in [4.69, 9.17) is 5.11 Å². The number of carboxylic acid groups (broad SMARTS) is 1. The molecule has 0 saturated carbocycles. The fraction of sp³-hybridized carbons (Fsp3) is 0.111. The Kier molecular flexibility index (Phi) is 4.72. The van der Waals surface area contributed by atoms with Crippen molar-refractivity contribution in [2.75, 3.05) is 11.8 Å². The van der Waals surface area contributed by atoms with Crippen LogP contribution in [-0.4, -0.2) is 32.7 Å². The highest BCUT2D eigenvalue weighted by atomic mass is 79.9. The van der Waals surface area contributed by atoms with Crippen LogP contribution in [0.1, 0.15) is 10.4 Å². The van der Waals surface area contributed by atoms with Crippen LogP contribution >= 0.6 is 15.9 Å². The van der Waals surface area contributed by atoms with Crippen LogP contribution in [0, 0.1) is 0 Å². The number of carboxylic acids is 1. The van der Waals surface area contributed by atoms with Crippen molar-refractivity contribution in [2.45, 2.75) is 0 Å². The van der Waals surface area contributed by atoms with E-state index in [-0.39, 0.29) is 15.7 Å². The van der Waals surface area contributed by atoms with Gasteiger partial charge in [0.15, 0.2) is 0 Å². The number of nitrogens with one attached hydrogen (secondary N) is 2. The number of ether oxygens (including phenoxy) is 1. The van der Waals surface area contributed by atoms with E-state index in [0.29, 0.717) is 0 Å². The number of amides is 1. The van der Waals surface area contributed by atoms with Crippen molar-refractivity contribution in [1.82, 2.24) is 4.72 Å². The molecule has 104 valence electrons. The number of para-hydroxylation sites is 1. The summed E-state index contributed by atoms with van der Waals surface area (Å²) < 4.78 is 30.9. The number of carbonyl (C=O) groups excluding carboxylic acids is 1. The molecule has 0 atom stereocenters. The number of anilines is 1. The summed E-state index contributed by atoms with van der Waals surface area (Å²) in [6, 6.07) is 4.09. The van der Waals surface area contributed by atoms with Crippen LogP contribution < -0.4 is 9.44 Å². The normalized spacial score (nSPS) is 10.6. The molecule has 0 aliphatic heterocycles. The fourth-order valence-electron chi connectivity index (χ4n) is 1.12. The molecule has 10 heteroatoms. The molecule has 0 aliphatic rings. The second-order valence-electron chi connectivity index (χ2n) is 3.17. The third kappa shape index (κ3) is 4.10. The van der Waals surface area contributed by atoms with Gasteiger partial charge in [-0.25, -0.2) is 14.3 Å². The zero-order valence-electron chi connectivity index (χ0n) is 9.51. The van der Waals surface area contributed by atoms with E-state index in [1.54, 1.807) is 0 Å². The molecule has 0 bridgehead atoms. The van der Waals surface area contributed by atoms with Crippen molar-refractivity contribution in [2.24, 2.45) is 0 Å². The van der Waals surface area contributed by atoms with Gasteiger partial charge in [0, 0.05) is 4.47 Å². The van der Waals surface area contributed by atoms with Crippen molar-refractivity contribution in [3.05, 3.63) is 28.2 Å². The highest BCUT2D eigenvalue weighted by molar-refractivity contribution is 9.10. The Hall–Kier alpha value is -1.81. The van der Waals surface area contributed by atoms with Crippen molar-refractivity contribution in [3.63, 3.8) is 0 Å². The minimum absolute atomic E-state index is 0.202. The summed E-state index contributed by atoms with van der Waals surface area (Å²) in [5, 5.41) is 8.95. The van der Waals surface area contributed by atoms with E-state index in [9.17, 15) is 18.0 Å². The van der Waals surface area contributed by atoms with Gasteiger partial charge < -0.3 is 9.84 Å². The summed E-state index contributed by atoms with van der Waals surface area (Å²) in [5.74, 6) is -1.32. The lowest BCUT2D eigenvalue weighted by Crippen LogP contribution is -2.35. The van der Waals surface area contributed by atoms with E-state index in [2.05, 4.69) is 20.7 Å². The molecule has 0 aromatic heterocycles. The minimum Gasteiger partial charge on any atom is -0.478 e. The standard InChI is InChI=1S/C9H9BrN2O6S/c1-18-9(15)12-19(16,17)11-7-5(8(13)14)3-2-4-6(7)10/h2-4,11H,1H3,(H,12,15)(H,13,14). The quantitative estimate of drug-likeness (QED) is 0.747. The average molecular weight is 353 g/mol. The third-order valence-electron chi connectivity index (χ3n) is 1.88. The lowest BCUT2D eigenvalue weighted by molar-refractivity contribution is 0.0698. The Bertz CT molecular complexity index is 615. The number of hydrogen-bond donors (Lipinski definition) is 3. The number of methoxy groups -OCH3 is 1. The molecule has 1 amide bonds. The van der Waals surface area contributed by atoms with Crippen LogP contribution in [0.5, 0.6) is 0 Å². The Labute approximate surface area is 117 Å². The summed E-state index contributed by atoms with van der Waals surface area (Å²) in [6.45, 7) is 0. The van der Waals surface area contributed by atoms with Gasteiger partial charge in [-0.3, -0.25) is 4.72 Å². The Morgan fingerprint density at radius 2 is 2.00 bits per heavy atom. The molecule has 0 heterocycles. The monoisotopic (exact) mass is 352 g/mol. The summed E-state index contributed by atoms with van der Waals surface area (Å²) in [7, 11) is -3.30. The van der Waals surface area contributed by atoms with Gasteiger partial charge in [0.1, 0.15) is 0 Å². The lowest BCUT2D eigenvalue weighted by atomic mass is 10.2. The van der Waals surface area contributed by atoms with Gasteiger partial charge in [-0.1, -0.05) is 6.07 Å². The first-order chi connectivity index (χ1) is 8.76. The van der Waals surface area contributed by atoms with E-state index in [1.165, 1.54) is 22.9 Å². The molecule has 0 saturated heterocycles. The van der Waals surface area contributed by atoms with Crippen molar-refractivity contribution >= 4 is 43.9 Å². The molecule has 1 aromatic carbocycles. The van der Waals surface area contributed by atoms with Gasteiger partial charge in [-0.05, 0) is 28.1 Å². The van der Waals surface area contributed by atoms with E-state index in [1.807, 2.05) is 4.72 Å². The molecule has 19 heavy (non-hydrogen) atoms. The molecule has 0 aliphatic carbocycles. The summed E-state index contributed by atoms with van der Waals surface area (Å²) in [6.07, 6.45) is -1.20. The van der Waals surface area contributed by atoms with Gasteiger partial charge >= 0.3 is 22.3 Å². The zero-order valence-corrected chi connectivity index (χ0v) is 11.9. The van der Waals surface area contributed by atoms with Crippen molar-refractivity contribution in [3.8, 4) is 0 Å². The number of benzene rings is 1. The highest BCUT2D eigenvalue weighted by Gasteiger charge is 2.20. The van der Waals surface area contributed by atoms with Crippen LogP contribution in [0.4, 0.5) is 10.5 Å². The third-order valence-corrected chi connectivity index (χ3v) is 3.45. The minimum atomic E-state index is -4.29. The molecule has 1 aromatic rings. The first kappa shape index (κ1) is 15.2. The molecule has 0 fully saturated rings. The zero-order chi connectivity index (χ0) is 14.6. The predicted molar refractivity (Wildman–Crippen MR) is 69.2 cm³/mol. The number of rotatable bonds is 4. The highest BCUT2D eigenvalue weighted by Crippen LogP contribution is 2.27. The van der Waals surface area contributed by atoms with Crippen LogP contribution in [0.15, 0.2) is 22.7 Å². The van der Waals surface area contributed by atoms with Crippen molar-refractivity contribution < 1.29 is 27.9 Å². The molecule has 0 radical (unpaired) electrons. The Balaban J connectivity index is 3.12. The molecule has 1 rings (SSSR count). The molecule has 8 nitrogen and oxygen atoms in total. The number of carbonyl (C=O) groups is 2. The van der Waals surface area contributed by atoms with Gasteiger partial charge in [-0.2, -0.15) is 8.42 Å². The van der Waals surface area contributed by atoms with Gasteiger partial charge in [-0.15, -0.1) is 0 Å². The van der Waals surface area contributed by atoms with E-state index >= 15 is 0 Å². The number of hydrogen-bond acceptors (Lipinski definition) is 5. The topological polar surface area (TPSA) is 122 Å². The predicted octanol–water partition coefficient (Wildman–Crippen LogP) is 1.16. The number of halogens is 1. The molecule has 0 spiro atoms. The Morgan fingerprint density at radius 1 is 1.37 bits per heavy atom. The smallest absolute Gasteiger partial charge is 0.422 e. The van der Waals surface area contributed by atoms with Crippen molar-refractivity contribution in [1.29, 1.82) is 0 Å². The summed E-state index contributed by atoms with van der Waals surface area (Å²) >= 11 is 3.02. The maximum Gasteiger partial charge on any atom is 0.422 e. The first-order valence-corrected chi connectivity index (χ1v) is 6.94. The first-order valence-electron chi connectivity index (χ1n) is 4.67. The van der Waals surface area contributed by atoms with Gasteiger partial charge in [0.2, 0.25) is 0 Å². The molecular formula is C9H9BrN2O6S. The maximum atomic E-state index is 11.6. The van der Waals surface area contributed by atoms with Gasteiger partial charge in [0.05, 0.1) is 18.4 Å². The van der Waals surface area contributed by atoms with E-state index in [0.717, 1.165) is 7.11 Å². The summed E-state index contributed by atoms with van der Waals surface area (Å²) in [4.78, 5) is 21.8. The molecule has 0 unspecified atom stereocenters. The van der Waals surface area contributed by atoms with Gasteiger partial charge in [0.25, 0.3) is 0 Å². The lowest BCUT2D eigenvalue weighted by Gasteiger charge is -2.12. The molecular weight excluding hydrogens is 344 g/mol. The second kappa shape index (κ2) is 5.89. The second-order valence-corrected chi connectivity index (χ2v) is 5.44. The fourth-order valence-corrected chi connectivity index (χ4v) is 2.56.